The van der Waals surface area contributed by atoms with Crippen LogP contribution in [0.3, 0.4) is 0 Å². The second-order valence-electron chi connectivity index (χ2n) is 4.01. The third-order valence-corrected chi connectivity index (χ3v) is 2.87. The van der Waals surface area contributed by atoms with Crippen molar-refractivity contribution in [2.45, 2.75) is 31.5 Å². The lowest BCUT2D eigenvalue weighted by atomic mass is 9.91. The fourth-order valence-corrected chi connectivity index (χ4v) is 1.93. The van der Waals surface area contributed by atoms with Gasteiger partial charge >= 0.3 is 0 Å². The minimum atomic E-state index is -0.653. The zero-order chi connectivity index (χ0) is 10.9. The standard InChI is InChI=1S/C12H13NO2/c1-12(7-4-8-13)11(14)9-5-2-3-6-10(9)15-12/h2-3,5-6,11,14H,4,7H2,1H3. The zero-order valence-electron chi connectivity index (χ0n) is 8.60. The van der Waals surface area contributed by atoms with Crippen LogP contribution < -0.4 is 4.74 Å². The highest BCUT2D eigenvalue weighted by atomic mass is 16.5. The fraction of sp³-hybridized carbons (Fsp3) is 0.417. The van der Waals surface area contributed by atoms with Crippen molar-refractivity contribution >= 4 is 0 Å². The molecule has 0 radical (unpaired) electrons. The molecule has 0 bridgehead atoms. The topological polar surface area (TPSA) is 53.2 Å². The smallest absolute Gasteiger partial charge is 0.137 e. The van der Waals surface area contributed by atoms with Crippen LogP contribution >= 0.6 is 0 Å². The Morgan fingerprint density at radius 2 is 2.27 bits per heavy atom. The lowest BCUT2D eigenvalue weighted by molar-refractivity contribution is -0.0190. The summed E-state index contributed by atoms with van der Waals surface area (Å²) in [6.45, 7) is 1.84. The van der Waals surface area contributed by atoms with E-state index in [0.29, 0.717) is 12.8 Å². The molecule has 1 aliphatic rings. The van der Waals surface area contributed by atoms with Crippen LogP contribution in [0.4, 0.5) is 0 Å². The first-order valence-corrected chi connectivity index (χ1v) is 5.00. The minimum Gasteiger partial charge on any atom is -0.484 e. The van der Waals surface area contributed by atoms with Crippen molar-refractivity contribution in [3.63, 3.8) is 0 Å². The molecule has 1 N–H and O–H groups in total. The van der Waals surface area contributed by atoms with Gasteiger partial charge in [0, 0.05) is 18.4 Å². The van der Waals surface area contributed by atoms with Crippen LogP contribution in [0, 0.1) is 11.3 Å². The second-order valence-corrected chi connectivity index (χ2v) is 4.01. The maximum atomic E-state index is 10.1. The molecule has 0 saturated carbocycles. The highest BCUT2D eigenvalue weighted by Gasteiger charge is 2.43. The molecule has 1 aromatic rings. The normalized spacial score (nSPS) is 27.9. The fourth-order valence-electron chi connectivity index (χ4n) is 1.93. The number of nitrogens with zero attached hydrogens (tertiary/aromatic N) is 1. The summed E-state index contributed by atoms with van der Waals surface area (Å²) in [5.74, 6) is 0.727. The van der Waals surface area contributed by atoms with Gasteiger partial charge in [0.25, 0.3) is 0 Å². The van der Waals surface area contributed by atoms with Crippen LogP contribution in [-0.2, 0) is 0 Å². The van der Waals surface area contributed by atoms with E-state index in [1.54, 1.807) is 0 Å². The highest BCUT2D eigenvalue weighted by molar-refractivity contribution is 5.41. The van der Waals surface area contributed by atoms with Gasteiger partial charge in [-0.05, 0) is 13.0 Å². The van der Waals surface area contributed by atoms with Crippen molar-refractivity contribution in [2.75, 3.05) is 0 Å². The molecular formula is C12H13NO2. The van der Waals surface area contributed by atoms with Crippen LogP contribution in [0.15, 0.2) is 24.3 Å². The van der Waals surface area contributed by atoms with Crippen molar-refractivity contribution in [1.82, 2.24) is 0 Å². The maximum Gasteiger partial charge on any atom is 0.137 e. The van der Waals surface area contributed by atoms with E-state index in [-0.39, 0.29) is 0 Å². The van der Waals surface area contributed by atoms with E-state index in [9.17, 15) is 5.11 Å². The van der Waals surface area contributed by atoms with Gasteiger partial charge in [-0.2, -0.15) is 5.26 Å². The van der Waals surface area contributed by atoms with Crippen LogP contribution in [0.5, 0.6) is 5.75 Å². The van der Waals surface area contributed by atoms with E-state index >= 15 is 0 Å². The number of rotatable bonds is 2. The number of nitriles is 1. The van der Waals surface area contributed by atoms with Crippen LogP contribution in [0.25, 0.3) is 0 Å². The van der Waals surface area contributed by atoms with Gasteiger partial charge in [-0.3, -0.25) is 0 Å². The molecule has 0 saturated heterocycles. The van der Waals surface area contributed by atoms with E-state index in [2.05, 4.69) is 6.07 Å². The molecule has 2 rings (SSSR count). The lowest BCUT2D eigenvalue weighted by Gasteiger charge is -2.26. The SMILES string of the molecule is CC1(CCC#N)Oc2ccccc2C1O. The van der Waals surface area contributed by atoms with Crippen molar-refractivity contribution in [2.24, 2.45) is 0 Å². The van der Waals surface area contributed by atoms with Gasteiger partial charge in [0.1, 0.15) is 17.5 Å². The summed E-state index contributed by atoms with van der Waals surface area (Å²) in [5, 5.41) is 18.6. The Labute approximate surface area is 88.9 Å². The van der Waals surface area contributed by atoms with E-state index in [1.165, 1.54) is 0 Å². The molecule has 1 heterocycles. The molecule has 1 aliphatic heterocycles. The van der Waals surface area contributed by atoms with Crippen LogP contribution in [0.1, 0.15) is 31.4 Å². The Kier molecular flexibility index (Phi) is 2.37. The van der Waals surface area contributed by atoms with E-state index < -0.39 is 11.7 Å². The number of hydrogen-bond donors (Lipinski definition) is 1. The van der Waals surface area contributed by atoms with Gasteiger partial charge in [0.2, 0.25) is 0 Å². The van der Waals surface area contributed by atoms with Gasteiger partial charge in [0.15, 0.2) is 0 Å². The molecule has 2 atom stereocenters. The largest absolute Gasteiger partial charge is 0.484 e. The predicted octanol–water partition coefficient (Wildman–Crippen LogP) is 2.17. The molecule has 0 aliphatic carbocycles. The second kappa shape index (κ2) is 3.56. The molecule has 78 valence electrons. The molecule has 0 fully saturated rings. The Hall–Kier alpha value is -1.53. The number of hydrogen-bond acceptors (Lipinski definition) is 3. The maximum absolute atomic E-state index is 10.1. The van der Waals surface area contributed by atoms with E-state index in [1.807, 2.05) is 31.2 Å². The van der Waals surface area contributed by atoms with Crippen molar-refractivity contribution in [1.29, 1.82) is 5.26 Å². The van der Waals surface area contributed by atoms with Crippen LogP contribution in [0.2, 0.25) is 0 Å². The molecule has 0 aromatic heterocycles. The Balaban J connectivity index is 2.26. The Morgan fingerprint density at radius 3 is 2.93 bits per heavy atom. The quantitative estimate of drug-likeness (QED) is 0.801. The molecule has 3 heteroatoms. The number of benzene rings is 1. The molecular weight excluding hydrogens is 190 g/mol. The van der Waals surface area contributed by atoms with Gasteiger partial charge in [-0.1, -0.05) is 18.2 Å². The zero-order valence-corrected chi connectivity index (χ0v) is 8.60. The molecule has 0 amide bonds. The van der Waals surface area contributed by atoms with Gasteiger partial charge < -0.3 is 9.84 Å². The van der Waals surface area contributed by atoms with Gasteiger partial charge in [-0.25, -0.2) is 0 Å². The van der Waals surface area contributed by atoms with Gasteiger partial charge in [0.05, 0.1) is 6.07 Å². The average molecular weight is 203 g/mol. The minimum absolute atomic E-state index is 0.390. The number of ether oxygens (including phenoxy) is 1. The monoisotopic (exact) mass is 203 g/mol. The first-order chi connectivity index (χ1) is 7.17. The Morgan fingerprint density at radius 1 is 1.53 bits per heavy atom. The van der Waals surface area contributed by atoms with E-state index in [0.717, 1.165) is 11.3 Å². The summed E-state index contributed by atoms with van der Waals surface area (Å²) in [6.07, 6.45) is 0.294. The molecule has 15 heavy (non-hydrogen) atoms. The van der Waals surface area contributed by atoms with Gasteiger partial charge in [-0.15, -0.1) is 0 Å². The van der Waals surface area contributed by atoms with Crippen molar-refractivity contribution in [3.05, 3.63) is 29.8 Å². The third-order valence-electron chi connectivity index (χ3n) is 2.87. The number of fused-ring (bicyclic) bond motifs is 1. The molecule has 0 spiro atoms. The summed E-state index contributed by atoms with van der Waals surface area (Å²) in [5.41, 5.74) is 0.164. The first kappa shape index (κ1) is 10.0. The summed E-state index contributed by atoms with van der Waals surface area (Å²) in [7, 11) is 0. The van der Waals surface area contributed by atoms with Crippen LogP contribution in [-0.4, -0.2) is 10.7 Å². The summed E-state index contributed by atoms with van der Waals surface area (Å²) >= 11 is 0. The predicted molar refractivity (Wildman–Crippen MR) is 55.3 cm³/mol. The van der Waals surface area contributed by atoms with E-state index in [4.69, 9.17) is 10.00 Å². The lowest BCUT2D eigenvalue weighted by Crippen LogP contribution is -2.34. The summed E-state index contributed by atoms with van der Waals surface area (Å²) < 4.78 is 5.71. The number of aliphatic hydroxyl groups excluding tert-OH is 1. The van der Waals surface area contributed by atoms with Crippen molar-refractivity contribution in [3.8, 4) is 11.8 Å². The average Bonchev–Trinajstić information content (AvgIpc) is 2.50. The number of para-hydroxylation sites is 1. The first-order valence-electron chi connectivity index (χ1n) is 5.00. The summed E-state index contributed by atoms with van der Waals surface area (Å²) in [6, 6.07) is 9.53. The third kappa shape index (κ3) is 1.57. The number of aliphatic hydroxyl groups is 1. The highest BCUT2D eigenvalue weighted by Crippen LogP contribution is 2.44. The molecule has 3 nitrogen and oxygen atoms in total. The Bertz CT molecular complexity index is 410. The molecule has 2 unspecified atom stereocenters. The molecule has 1 aromatic carbocycles. The van der Waals surface area contributed by atoms with Crippen molar-refractivity contribution < 1.29 is 9.84 Å². The summed E-state index contributed by atoms with van der Waals surface area (Å²) in [4.78, 5) is 0.